The number of hydrogen-bond acceptors (Lipinski definition) is 5. The lowest BCUT2D eigenvalue weighted by atomic mass is 10.2. The van der Waals surface area contributed by atoms with E-state index in [2.05, 4.69) is 9.97 Å². The lowest BCUT2D eigenvalue weighted by molar-refractivity contribution is 0.0690. The predicted octanol–water partition coefficient (Wildman–Crippen LogP) is 1.49. The largest absolute Gasteiger partial charge is 0.478 e. The molecule has 0 bridgehead atoms. The van der Waals surface area contributed by atoms with Crippen molar-refractivity contribution in [1.29, 1.82) is 0 Å². The summed E-state index contributed by atoms with van der Waals surface area (Å²) in [5.74, 6) is 0.485. The van der Waals surface area contributed by atoms with Crippen LogP contribution in [0.15, 0.2) is 5.03 Å². The molecular formula is C11H17N3O2S. The van der Waals surface area contributed by atoms with Gasteiger partial charge in [-0.25, -0.2) is 14.8 Å². The van der Waals surface area contributed by atoms with Gasteiger partial charge in [-0.05, 0) is 19.9 Å². The summed E-state index contributed by atoms with van der Waals surface area (Å²) in [6.45, 7) is 4.25. The standard InChI is InChI=1S/C11H17N3O2S/c1-3-8-13-7(2)9(11(15)16)10(14-8)17-6-4-5-12/h3-6,12H2,1-2H3,(H,15,16). The number of nitrogens with zero attached hydrogens (tertiary/aromatic N) is 2. The number of aryl methyl sites for hydroxylation is 2. The van der Waals surface area contributed by atoms with Gasteiger partial charge in [0, 0.05) is 12.2 Å². The van der Waals surface area contributed by atoms with Crippen molar-refractivity contribution in [3.05, 3.63) is 17.1 Å². The molecule has 1 heterocycles. The summed E-state index contributed by atoms with van der Waals surface area (Å²) in [4.78, 5) is 19.6. The van der Waals surface area contributed by atoms with E-state index in [1.807, 2.05) is 6.92 Å². The Morgan fingerprint density at radius 3 is 2.71 bits per heavy atom. The second kappa shape index (κ2) is 6.56. The van der Waals surface area contributed by atoms with Gasteiger partial charge in [0.1, 0.15) is 16.4 Å². The van der Waals surface area contributed by atoms with Crippen LogP contribution in [-0.2, 0) is 6.42 Å². The van der Waals surface area contributed by atoms with Crippen LogP contribution in [-0.4, -0.2) is 33.3 Å². The van der Waals surface area contributed by atoms with Crippen molar-refractivity contribution in [1.82, 2.24) is 9.97 Å². The Kier molecular flexibility index (Phi) is 5.37. The zero-order chi connectivity index (χ0) is 12.8. The SMILES string of the molecule is CCc1nc(C)c(C(=O)O)c(SCCCN)n1. The summed E-state index contributed by atoms with van der Waals surface area (Å²) in [7, 11) is 0. The molecule has 0 atom stereocenters. The summed E-state index contributed by atoms with van der Waals surface area (Å²) < 4.78 is 0. The molecular weight excluding hydrogens is 238 g/mol. The van der Waals surface area contributed by atoms with Crippen molar-refractivity contribution >= 4 is 17.7 Å². The summed E-state index contributed by atoms with van der Waals surface area (Å²) in [5.41, 5.74) is 6.15. The number of aromatic nitrogens is 2. The van der Waals surface area contributed by atoms with Crippen LogP contribution in [0.1, 0.15) is 35.2 Å². The maximum atomic E-state index is 11.2. The van der Waals surface area contributed by atoms with Crippen molar-refractivity contribution in [2.45, 2.75) is 31.7 Å². The van der Waals surface area contributed by atoms with Crippen LogP contribution in [0.2, 0.25) is 0 Å². The van der Waals surface area contributed by atoms with Gasteiger partial charge in [0.25, 0.3) is 0 Å². The third kappa shape index (κ3) is 3.67. The van der Waals surface area contributed by atoms with Crippen LogP contribution < -0.4 is 5.73 Å². The van der Waals surface area contributed by atoms with Gasteiger partial charge >= 0.3 is 5.97 Å². The van der Waals surface area contributed by atoms with E-state index in [0.29, 0.717) is 29.5 Å². The first-order valence-electron chi connectivity index (χ1n) is 5.53. The molecule has 17 heavy (non-hydrogen) atoms. The highest BCUT2D eigenvalue weighted by atomic mass is 32.2. The first-order valence-corrected chi connectivity index (χ1v) is 6.52. The number of carbonyl (C=O) groups is 1. The molecule has 6 heteroatoms. The monoisotopic (exact) mass is 255 g/mol. The Morgan fingerprint density at radius 2 is 2.18 bits per heavy atom. The molecule has 0 radical (unpaired) electrons. The Morgan fingerprint density at radius 1 is 1.47 bits per heavy atom. The molecule has 0 saturated carbocycles. The van der Waals surface area contributed by atoms with E-state index in [-0.39, 0.29) is 5.56 Å². The lowest BCUT2D eigenvalue weighted by Crippen LogP contribution is -2.10. The molecule has 1 rings (SSSR count). The summed E-state index contributed by atoms with van der Waals surface area (Å²) in [5, 5.41) is 9.70. The van der Waals surface area contributed by atoms with E-state index in [1.54, 1.807) is 6.92 Å². The van der Waals surface area contributed by atoms with Gasteiger partial charge in [-0.15, -0.1) is 11.8 Å². The van der Waals surface area contributed by atoms with Crippen LogP contribution in [0.3, 0.4) is 0 Å². The molecule has 0 aromatic carbocycles. The molecule has 0 aliphatic rings. The van der Waals surface area contributed by atoms with E-state index in [1.165, 1.54) is 11.8 Å². The fourth-order valence-electron chi connectivity index (χ4n) is 1.36. The number of rotatable bonds is 6. The highest BCUT2D eigenvalue weighted by Crippen LogP contribution is 2.23. The van der Waals surface area contributed by atoms with Crippen LogP contribution in [0.5, 0.6) is 0 Å². The number of carboxylic acid groups (broad SMARTS) is 1. The first-order chi connectivity index (χ1) is 8.10. The van der Waals surface area contributed by atoms with E-state index < -0.39 is 5.97 Å². The van der Waals surface area contributed by atoms with Gasteiger partial charge in [0.2, 0.25) is 0 Å². The topological polar surface area (TPSA) is 89.1 Å². The Balaban J connectivity index is 3.04. The van der Waals surface area contributed by atoms with Crippen molar-refractivity contribution in [2.24, 2.45) is 5.73 Å². The summed E-state index contributed by atoms with van der Waals surface area (Å²) >= 11 is 1.43. The average Bonchev–Trinajstić information content (AvgIpc) is 2.28. The van der Waals surface area contributed by atoms with Crippen LogP contribution in [0.25, 0.3) is 0 Å². The molecule has 0 spiro atoms. The molecule has 0 fully saturated rings. The fraction of sp³-hybridized carbons (Fsp3) is 0.545. The first kappa shape index (κ1) is 13.9. The van der Waals surface area contributed by atoms with Gasteiger partial charge in [0.15, 0.2) is 0 Å². The Hall–Kier alpha value is -1.14. The molecule has 94 valence electrons. The number of aromatic carboxylic acids is 1. The van der Waals surface area contributed by atoms with Crippen molar-refractivity contribution in [2.75, 3.05) is 12.3 Å². The third-order valence-electron chi connectivity index (χ3n) is 2.22. The second-order valence-corrected chi connectivity index (χ2v) is 4.64. The van der Waals surface area contributed by atoms with Crippen molar-refractivity contribution in [3.63, 3.8) is 0 Å². The van der Waals surface area contributed by atoms with Gasteiger partial charge in [-0.2, -0.15) is 0 Å². The Labute approximate surface area is 105 Å². The minimum absolute atomic E-state index is 0.212. The van der Waals surface area contributed by atoms with Gasteiger partial charge in [-0.1, -0.05) is 6.92 Å². The van der Waals surface area contributed by atoms with Gasteiger partial charge in [0.05, 0.1) is 5.69 Å². The van der Waals surface area contributed by atoms with Crippen molar-refractivity contribution in [3.8, 4) is 0 Å². The number of thioether (sulfide) groups is 1. The van der Waals surface area contributed by atoms with E-state index in [0.717, 1.165) is 12.2 Å². The maximum absolute atomic E-state index is 11.2. The molecule has 5 nitrogen and oxygen atoms in total. The molecule has 1 aromatic rings. The second-order valence-electron chi connectivity index (χ2n) is 3.55. The molecule has 0 aliphatic heterocycles. The maximum Gasteiger partial charge on any atom is 0.340 e. The zero-order valence-electron chi connectivity index (χ0n) is 10.1. The number of hydrogen-bond donors (Lipinski definition) is 2. The summed E-state index contributed by atoms with van der Waals surface area (Å²) in [6.07, 6.45) is 1.54. The van der Waals surface area contributed by atoms with E-state index in [9.17, 15) is 4.79 Å². The smallest absolute Gasteiger partial charge is 0.340 e. The minimum atomic E-state index is -0.972. The fourth-order valence-corrected chi connectivity index (χ4v) is 2.42. The number of carboxylic acids is 1. The third-order valence-corrected chi connectivity index (χ3v) is 3.28. The summed E-state index contributed by atoms with van der Waals surface area (Å²) in [6, 6.07) is 0. The average molecular weight is 255 g/mol. The molecule has 0 saturated heterocycles. The molecule has 0 unspecified atom stereocenters. The van der Waals surface area contributed by atoms with Gasteiger partial charge < -0.3 is 10.8 Å². The van der Waals surface area contributed by atoms with E-state index >= 15 is 0 Å². The quantitative estimate of drug-likeness (QED) is 0.455. The van der Waals surface area contributed by atoms with Gasteiger partial charge in [-0.3, -0.25) is 0 Å². The Bertz CT molecular complexity index is 410. The van der Waals surface area contributed by atoms with Crippen LogP contribution in [0, 0.1) is 6.92 Å². The zero-order valence-corrected chi connectivity index (χ0v) is 10.9. The van der Waals surface area contributed by atoms with E-state index in [4.69, 9.17) is 10.8 Å². The molecule has 0 amide bonds. The minimum Gasteiger partial charge on any atom is -0.478 e. The predicted molar refractivity (Wildman–Crippen MR) is 67.5 cm³/mol. The molecule has 0 aliphatic carbocycles. The highest BCUT2D eigenvalue weighted by Gasteiger charge is 2.17. The number of nitrogens with two attached hydrogens (primary N) is 1. The lowest BCUT2D eigenvalue weighted by Gasteiger charge is -2.09. The van der Waals surface area contributed by atoms with Crippen LogP contribution in [0.4, 0.5) is 0 Å². The van der Waals surface area contributed by atoms with Crippen molar-refractivity contribution < 1.29 is 9.90 Å². The highest BCUT2D eigenvalue weighted by molar-refractivity contribution is 7.99. The van der Waals surface area contributed by atoms with Crippen LogP contribution >= 0.6 is 11.8 Å². The molecule has 1 aromatic heterocycles. The normalized spacial score (nSPS) is 10.5. The molecule has 3 N–H and O–H groups in total.